The lowest BCUT2D eigenvalue weighted by Gasteiger charge is -1.91. The van der Waals surface area contributed by atoms with E-state index in [2.05, 4.69) is 5.10 Å². The Morgan fingerprint density at radius 3 is 2.44 bits per heavy atom. The van der Waals surface area contributed by atoms with Crippen molar-refractivity contribution in [2.24, 2.45) is 5.84 Å². The molecule has 0 atom stereocenters. The van der Waals surface area contributed by atoms with Crippen LogP contribution in [0.3, 0.4) is 0 Å². The number of nitrogens with one attached hydrogen (secondary N) is 3. The number of rotatable bonds is 1. The zero-order valence-electron chi connectivity index (χ0n) is 4.34. The number of nitrogens with two attached hydrogens (primary N) is 1. The van der Waals surface area contributed by atoms with Crippen LogP contribution in [0.5, 0.6) is 0 Å². The monoisotopic (exact) mass is 131 g/mol. The standard InChI is InChI=1S/C2H5N5O2/c3-6-7-2(9)4-1(8)5-7/h6H,3H2,(H2,4,5,8,9). The summed E-state index contributed by atoms with van der Waals surface area (Å²) >= 11 is 0. The van der Waals surface area contributed by atoms with Crippen molar-refractivity contribution in [2.75, 3.05) is 5.53 Å². The summed E-state index contributed by atoms with van der Waals surface area (Å²) in [4.78, 5) is 23.3. The van der Waals surface area contributed by atoms with E-state index < -0.39 is 11.4 Å². The largest absolute Gasteiger partial charge is 0.364 e. The van der Waals surface area contributed by atoms with Gasteiger partial charge in [0, 0.05) is 0 Å². The Hall–Kier alpha value is -1.50. The van der Waals surface area contributed by atoms with E-state index in [0.717, 1.165) is 4.79 Å². The molecule has 0 bridgehead atoms. The van der Waals surface area contributed by atoms with Gasteiger partial charge >= 0.3 is 11.4 Å². The Bertz CT molecular complexity index is 290. The van der Waals surface area contributed by atoms with Gasteiger partial charge in [-0.25, -0.2) is 26.1 Å². The minimum atomic E-state index is -0.623. The minimum absolute atomic E-state index is 0.599. The smallest absolute Gasteiger partial charge is 0.255 e. The van der Waals surface area contributed by atoms with Gasteiger partial charge in [0.05, 0.1) is 0 Å². The van der Waals surface area contributed by atoms with Crippen molar-refractivity contribution in [3.05, 3.63) is 21.0 Å². The van der Waals surface area contributed by atoms with Crippen molar-refractivity contribution in [1.29, 1.82) is 0 Å². The fourth-order valence-corrected chi connectivity index (χ4v) is 0.424. The minimum Gasteiger partial charge on any atom is -0.255 e. The molecule has 7 heteroatoms. The number of aromatic nitrogens is 3. The van der Waals surface area contributed by atoms with Gasteiger partial charge in [-0.3, -0.25) is 4.98 Å². The first-order valence-electron chi connectivity index (χ1n) is 2.12. The van der Waals surface area contributed by atoms with E-state index in [-0.39, 0.29) is 0 Å². The highest BCUT2D eigenvalue weighted by atomic mass is 16.2. The molecule has 0 saturated carbocycles. The molecule has 0 aliphatic carbocycles. The number of hydrogen-bond donors (Lipinski definition) is 4. The average Bonchev–Trinajstić information content (AvgIpc) is 2.10. The Morgan fingerprint density at radius 2 is 2.22 bits per heavy atom. The Morgan fingerprint density at radius 1 is 1.56 bits per heavy atom. The predicted octanol–water partition coefficient (Wildman–Crippen LogP) is -2.72. The van der Waals surface area contributed by atoms with Gasteiger partial charge in [-0.15, -0.1) is 4.79 Å². The third-order valence-corrected chi connectivity index (χ3v) is 0.766. The van der Waals surface area contributed by atoms with Crippen molar-refractivity contribution in [3.63, 3.8) is 0 Å². The second-order valence-corrected chi connectivity index (χ2v) is 1.34. The molecule has 1 rings (SSSR count). The van der Waals surface area contributed by atoms with Crippen molar-refractivity contribution >= 4 is 0 Å². The van der Waals surface area contributed by atoms with Crippen LogP contribution in [0, 0.1) is 0 Å². The molecule has 0 aromatic carbocycles. The molecule has 0 saturated heterocycles. The number of nitrogens with zero attached hydrogens (tertiary/aromatic N) is 1. The molecule has 0 amide bonds. The molecule has 1 aromatic rings. The average molecular weight is 131 g/mol. The van der Waals surface area contributed by atoms with E-state index >= 15 is 0 Å². The molecule has 5 N–H and O–H groups in total. The number of hydrogen-bond acceptors (Lipinski definition) is 4. The topological polar surface area (TPSA) is 109 Å². The van der Waals surface area contributed by atoms with E-state index in [1.54, 1.807) is 0 Å². The number of nitrogen functional groups attached to an aromatic ring is 1. The Balaban J connectivity index is 3.33. The van der Waals surface area contributed by atoms with Crippen molar-refractivity contribution in [2.45, 2.75) is 0 Å². The van der Waals surface area contributed by atoms with Crippen molar-refractivity contribution in [1.82, 2.24) is 14.9 Å². The van der Waals surface area contributed by atoms with E-state index in [1.165, 1.54) is 0 Å². The van der Waals surface area contributed by atoms with Crippen LogP contribution in [0.2, 0.25) is 0 Å². The maximum atomic E-state index is 10.4. The molecule has 1 aromatic heterocycles. The molecule has 1 heterocycles. The fourth-order valence-electron chi connectivity index (χ4n) is 0.424. The van der Waals surface area contributed by atoms with Gasteiger partial charge < -0.3 is 0 Å². The molecule has 50 valence electrons. The first-order chi connectivity index (χ1) is 4.24. The zero-order valence-corrected chi connectivity index (χ0v) is 4.34. The van der Waals surface area contributed by atoms with Crippen LogP contribution in [0.1, 0.15) is 0 Å². The first-order valence-corrected chi connectivity index (χ1v) is 2.12. The third kappa shape index (κ3) is 0.842. The number of hydrazine groups is 1. The maximum absolute atomic E-state index is 10.4. The van der Waals surface area contributed by atoms with Crippen molar-refractivity contribution < 1.29 is 0 Å². The summed E-state index contributed by atoms with van der Waals surface area (Å²) in [5.41, 5.74) is 0.712. The molecule has 0 aliphatic rings. The fraction of sp³-hybridized carbons (Fsp3) is 0. The lowest BCUT2D eigenvalue weighted by molar-refractivity contribution is 0.717. The van der Waals surface area contributed by atoms with Gasteiger partial charge in [-0.05, 0) is 0 Å². The lowest BCUT2D eigenvalue weighted by atomic mass is 11.2. The molecular weight excluding hydrogens is 126 g/mol. The maximum Gasteiger partial charge on any atom is 0.364 e. The van der Waals surface area contributed by atoms with Crippen LogP contribution >= 0.6 is 0 Å². The van der Waals surface area contributed by atoms with Crippen LogP contribution in [0.25, 0.3) is 0 Å². The molecular formula is C2H5N5O2. The summed E-state index contributed by atoms with van der Waals surface area (Å²) in [6.45, 7) is 0. The van der Waals surface area contributed by atoms with E-state index in [4.69, 9.17) is 5.84 Å². The van der Waals surface area contributed by atoms with E-state index in [9.17, 15) is 9.59 Å². The second-order valence-electron chi connectivity index (χ2n) is 1.34. The van der Waals surface area contributed by atoms with E-state index in [1.807, 2.05) is 10.5 Å². The second kappa shape index (κ2) is 1.78. The lowest BCUT2D eigenvalue weighted by Crippen LogP contribution is -2.32. The summed E-state index contributed by atoms with van der Waals surface area (Å²) in [5, 5.41) is 2.05. The van der Waals surface area contributed by atoms with Gasteiger partial charge in [-0.2, -0.15) is 0 Å². The van der Waals surface area contributed by atoms with Crippen LogP contribution in [0.4, 0.5) is 0 Å². The number of aromatic amines is 2. The SMILES string of the molecule is NNn1[nH]c(=O)[nH]c1=O. The van der Waals surface area contributed by atoms with Gasteiger partial charge in [0.25, 0.3) is 0 Å². The van der Waals surface area contributed by atoms with Crippen molar-refractivity contribution in [3.8, 4) is 0 Å². The highest BCUT2D eigenvalue weighted by Crippen LogP contribution is 1.46. The van der Waals surface area contributed by atoms with E-state index in [0.29, 0.717) is 0 Å². The third-order valence-electron chi connectivity index (χ3n) is 0.766. The summed E-state index contributed by atoms with van der Waals surface area (Å²) in [5.74, 6) is 4.79. The quantitative estimate of drug-likeness (QED) is 0.245. The molecule has 0 radical (unpaired) electrons. The highest BCUT2D eigenvalue weighted by Gasteiger charge is 1.92. The summed E-state index contributed by atoms with van der Waals surface area (Å²) in [6.07, 6.45) is 0. The van der Waals surface area contributed by atoms with Crippen LogP contribution in [0.15, 0.2) is 9.59 Å². The van der Waals surface area contributed by atoms with Crippen LogP contribution in [-0.4, -0.2) is 14.9 Å². The predicted molar refractivity (Wildman–Crippen MR) is 29.2 cm³/mol. The van der Waals surface area contributed by atoms with Gasteiger partial charge in [0.15, 0.2) is 0 Å². The first kappa shape index (κ1) is 5.63. The molecule has 7 nitrogen and oxygen atoms in total. The van der Waals surface area contributed by atoms with Crippen LogP contribution < -0.4 is 22.8 Å². The molecule has 0 spiro atoms. The Kier molecular flexibility index (Phi) is 1.12. The highest BCUT2D eigenvalue weighted by molar-refractivity contribution is 4.63. The molecule has 0 aliphatic heterocycles. The van der Waals surface area contributed by atoms with Gasteiger partial charge in [0.1, 0.15) is 0 Å². The van der Waals surface area contributed by atoms with Gasteiger partial charge in [-0.1, -0.05) is 0 Å². The summed E-state index contributed by atoms with van der Waals surface area (Å²) in [6, 6.07) is 0. The van der Waals surface area contributed by atoms with Gasteiger partial charge in [0.2, 0.25) is 0 Å². The molecule has 9 heavy (non-hydrogen) atoms. The van der Waals surface area contributed by atoms with Crippen LogP contribution in [-0.2, 0) is 0 Å². The number of H-pyrrole nitrogens is 2. The normalized spacial score (nSPS) is 9.44. The summed E-state index contributed by atoms with van der Waals surface area (Å²) in [7, 11) is 0. The summed E-state index contributed by atoms with van der Waals surface area (Å²) < 4.78 is 0. The zero-order chi connectivity index (χ0) is 6.85. The molecule has 0 fully saturated rings. The Labute approximate surface area is 48.4 Å². The molecule has 0 unspecified atom stereocenters.